The molecule has 2 nitrogen and oxygen atoms in total. The van der Waals surface area contributed by atoms with Gasteiger partial charge in [0, 0.05) is 0 Å². The number of benzene rings is 2. The van der Waals surface area contributed by atoms with Crippen LogP contribution in [-0.4, -0.2) is 0 Å². The molecule has 0 saturated carbocycles. The van der Waals surface area contributed by atoms with Crippen LogP contribution in [0.3, 0.4) is 0 Å². The van der Waals surface area contributed by atoms with Gasteiger partial charge in [-0.05, 0) is 0 Å². The molecule has 0 aliphatic carbocycles. The predicted octanol–water partition coefficient (Wildman–Crippen LogP) is -0.500. The van der Waals surface area contributed by atoms with E-state index in [9.17, 15) is 0 Å². The van der Waals surface area contributed by atoms with E-state index in [1.54, 1.807) is 0 Å². The number of halogens is 2. The van der Waals surface area contributed by atoms with Crippen molar-refractivity contribution in [3.63, 3.8) is 0 Å². The van der Waals surface area contributed by atoms with Gasteiger partial charge in [-0.25, -0.2) is 0 Å². The monoisotopic (exact) mass is 462 g/mol. The van der Waals surface area contributed by atoms with Crippen LogP contribution in [0.15, 0.2) is 72.8 Å². The molecule has 26 heavy (non-hydrogen) atoms. The Labute approximate surface area is 185 Å². The Morgan fingerprint density at radius 3 is 1.23 bits per heavy atom. The first-order chi connectivity index (χ1) is 11.7. The van der Waals surface area contributed by atoms with Gasteiger partial charge in [0.25, 0.3) is 0 Å². The average molecular weight is 463 g/mol. The van der Waals surface area contributed by atoms with Crippen molar-refractivity contribution in [2.75, 3.05) is 0 Å². The summed E-state index contributed by atoms with van der Waals surface area (Å²) in [6.45, 7) is 4.25. The van der Waals surface area contributed by atoms with E-state index in [2.05, 4.69) is 86.6 Å². The van der Waals surface area contributed by atoms with E-state index in [0.717, 1.165) is 34.7 Å². The molecule has 0 amide bonds. The van der Waals surface area contributed by atoms with Crippen LogP contribution in [0.5, 0.6) is 0 Å². The Morgan fingerprint density at radius 1 is 0.615 bits per heavy atom. The van der Waals surface area contributed by atoms with Gasteiger partial charge in [0.15, 0.2) is 0 Å². The van der Waals surface area contributed by atoms with Gasteiger partial charge in [0.1, 0.15) is 0 Å². The zero-order chi connectivity index (χ0) is 17.9. The Balaban J connectivity index is 0. The van der Waals surface area contributed by atoms with E-state index < -0.39 is 0 Å². The minimum atomic E-state index is 0. The Kier molecular flexibility index (Phi) is 15.8. The Morgan fingerprint density at radius 2 is 0.923 bits per heavy atom. The number of aryl methyl sites for hydroxylation is 2. The molecule has 0 aromatic heterocycles. The molecular formula is C20H18Cl2O2V2-4. The standard InChI is InChI=1S/2C10H9.2ClH.2O.2V/c2*1-8-6-9-4-2-3-5-10(9)7-8;;;;;;/h2*2-7H,1H3;2*1H;;;;/q2*-1;;;;;;/p-2. The summed E-state index contributed by atoms with van der Waals surface area (Å²) in [4.78, 5) is 0. The minimum absolute atomic E-state index is 0. The summed E-state index contributed by atoms with van der Waals surface area (Å²) < 4.78 is 16.4. The second-order valence-electron chi connectivity index (χ2n) is 5.32. The molecule has 0 bridgehead atoms. The summed E-state index contributed by atoms with van der Waals surface area (Å²) in [6, 6.07) is 25.7. The van der Waals surface area contributed by atoms with E-state index in [-0.39, 0.29) is 24.8 Å². The fourth-order valence-corrected chi connectivity index (χ4v) is 2.61. The van der Waals surface area contributed by atoms with Crippen LogP contribution in [0.25, 0.3) is 21.5 Å². The van der Waals surface area contributed by atoms with Gasteiger partial charge in [0.2, 0.25) is 0 Å². The molecule has 0 spiro atoms. The zero-order valence-corrected chi connectivity index (χ0v) is 18.7. The van der Waals surface area contributed by atoms with Crippen molar-refractivity contribution in [1.82, 2.24) is 0 Å². The summed E-state index contributed by atoms with van der Waals surface area (Å²) in [5.41, 5.74) is 2.70. The Hall–Kier alpha value is -0.991. The van der Waals surface area contributed by atoms with E-state index in [1.165, 1.54) is 32.7 Å². The predicted molar refractivity (Wildman–Crippen MR) is 89.9 cm³/mol. The van der Waals surface area contributed by atoms with Gasteiger partial charge in [0.05, 0.1) is 0 Å². The summed E-state index contributed by atoms with van der Waals surface area (Å²) in [5, 5.41) is 5.39. The van der Waals surface area contributed by atoms with Crippen LogP contribution < -0.4 is 24.8 Å². The second kappa shape index (κ2) is 15.1. The molecule has 0 atom stereocenters. The van der Waals surface area contributed by atoms with Crippen molar-refractivity contribution in [2.24, 2.45) is 0 Å². The molecule has 0 radical (unpaired) electrons. The molecule has 138 valence electrons. The van der Waals surface area contributed by atoms with Gasteiger partial charge in [-0.1, -0.05) is 26.0 Å². The Bertz CT molecular complexity index is 747. The van der Waals surface area contributed by atoms with Crippen LogP contribution in [0.1, 0.15) is 11.1 Å². The molecule has 6 heteroatoms. The van der Waals surface area contributed by atoms with Crippen molar-refractivity contribution < 1.29 is 66.9 Å². The molecule has 0 unspecified atom stereocenters. The van der Waals surface area contributed by atoms with Crippen molar-refractivity contribution >= 4 is 21.5 Å². The number of hydrogen-bond donors (Lipinski definition) is 0. The first-order valence-electron chi connectivity index (χ1n) is 7.33. The third-order valence-corrected chi connectivity index (χ3v) is 3.52. The maximum atomic E-state index is 8.19. The third-order valence-electron chi connectivity index (χ3n) is 3.52. The first-order valence-corrected chi connectivity index (χ1v) is 8.47. The fourth-order valence-electron chi connectivity index (χ4n) is 2.61. The van der Waals surface area contributed by atoms with Gasteiger partial charge in [-0.3, -0.25) is 0 Å². The third kappa shape index (κ3) is 8.14. The van der Waals surface area contributed by atoms with Gasteiger partial charge < -0.3 is 24.8 Å². The van der Waals surface area contributed by atoms with E-state index in [4.69, 9.17) is 7.35 Å². The van der Waals surface area contributed by atoms with Crippen LogP contribution in [0, 0.1) is 13.8 Å². The molecule has 0 fully saturated rings. The molecule has 0 saturated heterocycles. The van der Waals surface area contributed by atoms with E-state index in [1.807, 2.05) is 0 Å². The van der Waals surface area contributed by atoms with E-state index in [0.29, 0.717) is 0 Å². The summed E-state index contributed by atoms with van der Waals surface area (Å²) in [6.07, 6.45) is 0. The SMILES string of the molecule is Cc1cc2ccccc2[cH-]1.Cc1cc2ccccc2[cH-]1.[Cl-].[Cl-].[O]=[V].[O]=[V]. The number of hydrogen-bond acceptors (Lipinski definition) is 2. The van der Waals surface area contributed by atoms with Crippen LogP contribution in [0.2, 0.25) is 0 Å². The molecule has 0 aliphatic heterocycles. The van der Waals surface area contributed by atoms with Crippen molar-refractivity contribution in [1.29, 1.82) is 0 Å². The second-order valence-corrected chi connectivity index (χ2v) is 5.32. The normalized spacial score (nSPS) is 8.31. The topological polar surface area (TPSA) is 34.1 Å². The van der Waals surface area contributed by atoms with Crippen LogP contribution in [0.4, 0.5) is 0 Å². The van der Waals surface area contributed by atoms with Crippen molar-refractivity contribution in [3.8, 4) is 0 Å². The molecule has 4 rings (SSSR count). The molecule has 0 aliphatic rings. The molecule has 4 aromatic carbocycles. The van der Waals surface area contributed by atoms with E-state index >= 15 is 0 Å². The number of rotatable bonds is 0. The van der Waals surface area contributed by atoms with Gasteiger partial charge in [-0.2, -0.15) is 12.1 Å². The van der Waals surface area contributed by atoms with Crippen LogP contribution in [-0.2, 0) is 42.1 Å². The van der Waals surface area contributed by atoms with Crippen molar-refractivity contribution in [3.05, 3.63) is 83.9 Å². The number of fused-ring (bicyclic) bond motifs is 2. The van der Waals surface area contributed by atoms with Gasteiger partial charge in [-0.15, -0.1) is 81.2 Å². The zero-order valence-electron chi connectivity index (χ0n) is 14.4. The quantitative estimate of drug-likeness (QED) is 0.330. The molecule has 0 heterocycles. The summed E-state index contributed by atoms with van der Waals surface area (Å²) >= 11 is 2.12. The van der Waals surface area contributed by atoms with Crippen LogP contribution >= 0.6 is 0 Å². The maximum absolute atomic E-state index is 8.19. The molecule has 0 N–H and O–H groups in total. The molecule has 4 aromatic rings. The molecular weight excluding hydrogens is 445 g/mol. The fraction of sp³-hybridized carbons (Fsp3) is 0.100. The van der Waals surface area contributed by atoms with Gasteiger partial charge >= 0.3 is 42.1 Å². The van der Waals surface area contributed by atoms with Crippen molar-refractivity contribution in [2.45, 2.75) is 13.8 Å². The first kappa shape index (κ1) is 27.2. The average Bonchev–Trinajstić information content (AvgIpc) is 3.19. The summed E-state index contributed by atoms with van der Waals surface area (Å²) in [5.74, 6) is 0. The summed E-state index contributed by atoms with van der Waals surface area (Å²) in [7, 11) is 0.